The predicted molar refractivity (Wildman–Crippen MR) is 110 cm³/mol. The number of hydrogen-bond acceptors (Lipinski definition) is 6. The first-order valence-corrected chi connectivity index (χ1v) is 9.82. The van der Waals surface area contributed by atoms with Crippen molar-refractivity contribution in [3.8, 4) is 11.5 Å². The standard InChI is InChI=1S/C20H25N5O2S/c1-13-10-14(2)25-19(21-13)22-24(20(25)28)12-23-9-5-6-17(23)16-8-7-15(26-3)11-18(16)27-4/h7-8,10-11,17H,5-6,9,12H2,1-4H3/t17-/m0/s1. The number of methoxy groups -OCH3 is 2. The van der Waals surface area contributed by atoms with E-state index in [2.05, 4.69) is 21.0 Å². The smallest absolute Gasteiger partial charge is 0.254 e. The monoisotopic (exact) mass is 399 g/mol. The van der Waals surface area contributed by atoms with Gasteiger partial charge in [-0.15, -0.1) is 5.10 Å². The van der Waals surface area contributed by atoms with Crippen molar-refractivity contribution in [3.05, 3.63) is 46.0 Å². The van der Waals surface area contributed by atoms with E-state index in [0.29, 0.717) is 17.2 Å². The first kappa shape index (κ1) is 18.9. The highest BCUT2D eigenvalue weighted by Crippen LogP contribution is 2.38. The fraction of sp³-hybridized carbons (Fsp3) is 0.450. The minimum Gasteiger partial charge on any atom is -0.497 e. The highest BCUT2D eigenvalue weighted by Gasteiger charge is 2.29. The Kier molecular flexibility index (Phi) is 5.07. The molecule has 1 aromatic carbocycles. The molecular formula is C20H25N5O2S. The number of aryl methyl sites for hydroxylation is 2. The van der Waals surface area contributed by atoms with Crippen LogP contribution in [0.2, 0.25) is 0 Å². The largest absolute Gasteiger partial charge is 0.497 e. The van der Waals surface area contributed by atoms with E-state index in [1.165, 1.54) is 5.56 Å². The Balaban J connectivity index is 1.67. The Morgan fingerprint density at radius 1 is 1.18 bits per heavy atom. The van der Waals surface area contributed by atoms with Crippen LogP contribution in [-0.2, 0) is 6.67 Å². The number of fused-ring (bicyclic) bond motifs is 1. The molecular weight excluding hydrogens is 374 g/mol. The Labute approximate surface area is 169 Å². The van der Waals surface area contributed by atoms with E-state index in [9.17, 15) is 0 Å². The minimum atomic E-state index is 0.253. The summed E-state index contributed by atoms with van der Waals surface area (Å²) in [6.45, 7) is 5.62. The van der Waals surface area contributed by atoms with Gasteiger partial charge in [0, 0.05) is 35.6 Å². The number of ether oxygens (including phenoxy) is 2. The minimum absolute atomic E-state index is 0.253. The molecule has 0 radical (unpaired) electrons. The van der Waals surface area contributed by atoms with E-state index >= 15 is 0 Å². The van der Waals surface area contributed by atoms with Crippen LogP contribution in [0.3, 0.4) is 0 Å². The summed E-state index contributed by atoms with van der Waals surface area (Å²) in [6.07, 6.45) is 2.19. The number of aromatic nitrogens is 4. The third kappa shape index (κ3) is 3.27. The lowest BCUT2D eigenvalue weighted by Gasteiger charge is -2.26. The third-order valence-corrected chi connectivity index (χ3v) is 5.74. The van der Waals surface area contributed by atoms with Crippen LogP contribution >= 0.6 is 12.2 Å². The Bertz CT molecular complexity index is 1070. The van der Waals surface area contributed by atoms with Crippen LogP contribution in [0.4, 0.5) is 0 Å². The van der Waals surface area contributed by atoms with Crippen molar-refractivity contribution >= 4 is 18.0 Å². The van der Waals surface area contributed by atoms with Gasteiger partial charge in [-0.2, -0.15) is 0 Å². The van der Waals surface area contributed by atoms with E-state index in [1.807, 2.05) is 41.1 Å². The van der Waals surface area contributed by atoms with Crippen molar-refractivity contribution in [2.45, 2.75) is 39.4 Å². The van der Waals surface area contributed by atoms with Gasteiger partial charge in [-0.1, -0.05) is 6.07 Å². The molecule has 3 aromatic rings. The predicted octanol–water partition coefficient (Wildman–Crippen LogP) is 3.69. The van der Waals surface area contributed by atoms with Crippen LogP contribution in [-0.4, -0.2) is 44.8 Å². The molecule has 0 aliphatic carbocycles. The molecule has 148 valence electrons. The van der Waals surface area contributed by atoms with Crippen LogP contribution in [0.5, 0.6) is 11.5 Å². The van der Waals surface area contributed by atoms with Gasteiger partial charge in [0.2, 0.25) is 4.77 Å². The van der Waals surface area contributed by atoms with Crippen molar-refractivity contribution < 1.29 is 9.47 Å². The van der Waals surface area contributed by atoms with Crippen molar-refractivity contribution in [2.24, 2.45) is 0 Å². The molecule has 1 saturated heterocycles. The normalized spacial score (nSPS) is 17.4. The molecule has 0 unspecified atom stereocenters. The fourth-order valence-electron chi connectivity index (χ4n) is 4.04. The van der Waals surface area contributed by atoms with E-state index in [1.54, 1.807) is 14.2 Å². The average Bonchev–Trinajstić information content (AvgIpc) is 3.26. The molecule has 4 rings (SSSR count). The second kappa shape index (κ2) is 7.52. The fourth-order valence-corrected chi connectivity index (χ4v) is 4.36. The zero-order valence-electron chi connectivity index (χ0n) is 16.7. The zero-order chi connectivity index (χ0) is 19.8. The summed E-state index contributed by atoms with van der Waals surface area (Å²) in [6, 6.07) is 8.30. The van der Waals surface area contributed by atoms with Gasteiger partial charge in [-0.3, -0.25) is 9.30 Å². The van der Waals surface area contributed by atoms with Gasteiger partial charge < -0.3 is 9.47 Å². The molecule has 1 aliphatic heterocycles. The maximum atomic E-state index is 5.68. The first-order valence-electron chi connectivity index (χ1n) is 9.41. The van der Waals surface area contributed by atoms with Gasteiger partial charge in [0.25, 0.3) is 5.78 Å². The second-order valence-electron chi connectivity index (χ2n) is 7.18. The summed E-state index contributed by atoms with van der Waals surface area (Å²) >= 11 is 5.68. The lowest BCUT2D eigenvalue weighted by Crippen LogP contribution is -2.27. The molecule has 0 bridgehead atoms. The summed E-state index contributed by atoms with van der Waals surface area (Å²) in [4.78, 5) is 6.93. The van der Waals surface area contributed by atoms with Gasteiger partial charge in [-0.05, 0) is 51.0 Å². The number of benzene rings is 1. The van der Waals surface area contributed by atoms with Gasteiger partial charge >= 0.3 is 0 Å². The highest BCUT2D eigenvalue weighted by molar-refractivity contribution is 7.71. The number of nitrogens with zero attached hydrogens (tertiary/aromatic N) is 5. The van der Waals surface area contributed by atoms with Gasteiger partial charge in [0.15, 0.2) is 0 Å². The number of rotatable bonds is 5. The molecule has 0 N–H and O–H groups in total. The SMILES string of the molecule is COc1ccc([C@@H]2CCCN2Cn2nc3nc(C)cc(C)n3c2=S)c(OC)c1. The Morgan fingerprint density at radius 3 is 2.75 bits per heavy atom. The summed E-state index contributed by atoms with van der Waals surface area (Å²) in [5, 5.41) is 4.67. The third-order valence-electron chi connectivity index (χ3n) is 5.35. The molecule has 7 nitrogen and oxygen atoms in total. The molecule has 3 heterocycles. The average molecular weight is 400 g/mol. The molecule has 1 fully saturated rings. The first-order chi connectivity index (χ1) is 13.5. The summed E-state index contributed by atoms with van der Waals surface area (Å²) in [5.41, 5.74) is 3.16. The van der Waals surface area contributed by atoms with Gasteiger partial charge in [0.1, 0.15) is 11.5 Å². The molecule has 2 aromatic heterocycles. The highest BCUT2D eigenvalue weighted by atomic mass is 32.1. The van der Waals surface area contributed by atoms with Crippen LogP contribution in [0, 0.1) is 18.6 Å². The molecule has 8 heteroatoms. The summed E-state index contributed by atoms with van der Waals surface area (Å²) in [7, 11) is 3.37. The molecule has 0 saturated carbocycles. The topological polar surface area (TPSA) is 56.8 Å². The van der Waals surface area contributed by atoms with Gasteiger partial charge in [-0.25, -0.2) is 9.67 Å². The lowest BCUT2D eigenvalue weighted by atomic mass is 10.0. The van der Waals surface area contributed by atoms with Crippen LogP contribution in [0.15, 0.2) is 24.3 Å². The molecule has 0 amide bonds. The van der Waals surface area contributed by atoms with Crippen molar-refractivity contribution in [3.63, 3.8) is 0 Å². The van der Waals surface area contributed by atoms with Crippen LogP contribution in [0.1, 0.15) is 35.8 Å². The van der Waals surface area contributed by atoms with Crippen LogP contribution in [0.25, 0.3) is 5.78 Å². The number of hydrogen-bond donors (Lipinski definition) is 0. The summed E-state index contributed by atoms with van der Waals surface area (Å²) in [5.74, 6) is 2.30. The van der Waals surface area contributed by atoms with E-state index in [0.717, 1.165) is 42.3 Å². The van der Waals surface area contributed by atoms with E-state index < -0.39 is 0 Å². The van der Waals surface area contributed by atoms with E-state index in [-0.39, 0.29) is 6.04 Å². The Morgan fingerprint density at radius 2 is 2.00 bits per heavy atom. The van der Waals surface area contributed by atoms with Crippen molar-refractivity contribution in [2.75, 3.05) is 20.8 Å². The van der Waals surface area contributed by atoms with Gasteiger partial charge in [0.05, 0.1) is 20.9 Å². The number of likely N-dealkylation sites (tertiary alicyclic amines) is 1. The second-order valence-corrected chi connectivity index (χ2v) is 7.54. The van der Waals surface area contributed by atoms with E-state index in [4.69, 9.17) is 21.7 Å². The van der Waals surface area contributed by atoms with Crippen LogP contribution < -0.4 is 9.47 Å². The molecule has 0 spiro atoms. The van der Waals surface area contributed by atoms with Crippen molar-refractivity contribution in [1.82, 2.24) is 24.1 Å². The molecule has 28 heavy (non-hydrogen) atoms. The maximum absolute atomic E-state index is 5.68. The van der Waals surface area contributed by atoms with Crippen molar-refractivity contribution in [1.29, 1.82) is 0 Å². The lowest BCUT2D eigenvalue weighted by molar-refractivity contribution is 0.187. The maximum Gasteiger partial charge on any atom is 0.254 e. The molecule has 1 atom stereocenters. The zero-order valence-corrected chi connectivity index (χ0v) is 17.5. The Hall–Kier alpha value is -2.45. The summed E-state index contributed by atoms with van der Waals surface area (Å²) < 4.78 is 15.5. The molecule has 1 aliphatic rings. The quantitative estimate of drug-likeness (QED) is 0.610.